The minimum atomic E-state index is -0.143. The van der Waals surface area contributed by atoms with Crippen LogP contribution in [0, 0.1) is 11.8 Å². The third-order valence-corrected chi connectivity index (χ3v) is 4.53. The molecule has 0 saturated carbocycles. The monoisotopic (exact) mass is 273 g/mol. The average Bonchev–Trinajstić information content (AvgIpc) is 2.96. The van der Waals surface area contributed by atoms with Crippen LogP contribution < -0.4 is 10.6 Å². The molecule has 4 heteroatoms. The van der Waals surface area contributed by atoms with Crippen LogP contribution >= 0.6 is 0 Å². The number of para-hydroxylation sites is 2. The molecule has 1 aromatic rings. The molecule has 0 bridgehead atoms. The molecule has 2 aliphatic heterocycles. The summed E-state index contributed by atoms with van der Waals surface area (Å²) < 4.78 is 0. The van der Waals surface area contributed by atoms with E-state index < -0.39 is 0 Å². The van der Waals surface area contributed by atoms with Gasteiger partial charge < -0.3 is 15.5 Å². The molecule has 0 aliphatic carbocycles. The number of nitrogens with one attached hydrogen (secondary N) is 2. The van der Waals surface area contributed by atoms with E-state index in [0.717, 1.165) is 30.9 Å². The number of rotatable bonds is 2. The van der Waals surface area contributed by atoms with Crippen molar-refractivity contribution < 1.29 is 4.79 Å². The molecule has 2 heterocycles. The van der Waals surface area contributed by atoms with Gasteiger partial charge in [-0.05, 0) is 30.4 Å². The van der Waals surface area contributed by atoms with Gasteiger partial charge in [-0.3, -0.25) is 4.79 Å². The number of carbonyl (C=O) groups is 1. The van der Waals surface area contributed by atoms with Gasteiger partial charge >= 0.3 is 0 Å². The van der Waals surface area contributed by atoms with Crippen molar-refractivity contribution in [1.29, 1.82) is 0 Å². The molecule has 1 aromatic carbocycles. The molecule has 2 unspecified atom stereocenters. The first-order valence-corrected chi connectivity index (χ1v) is 7.53. The van der Waals surface area contributed by atoms with Gasteiger partial charge in [0.15, 0.2) is 0 Å². The van der Waals surface area contributed by atoms with Crippen LogP contribution in [0.4, 0.5) is 11.4 Å². The Kier molecular flexibility index (Phi) is 3.55. The summed E-state index contributed by atoms with van der Waals surface area (Å²) in [5, 5.41) is 6.71. The Morgan fingerprint density at radius 3 is 2.75 bits per heavy atom. The standard InChI is InChI=1S/C16H23N3O/c1-11(2)12-7-8-19(10-12)16(20)15-9-17-13-5-3-4-6-14(13)18-15/h3-6,11-12,15,17-18H,7-10H2,1-2H3. The minimum absolute atomic E-state index is 0.143. The predicted octanol–water partition coefficient (Wildman–Crippen LogP) is 2.40. The Bertz CT molecular complexity index is 500. The van der Waals surface area contributed by atoms with E-state index in [2.05, 4.69) is 24.5 Å². The summed E-state index contributed by atoms with van der Waals surface area (Å²) in [6.07, 6.45) is 1.14. The van der Waals surface area contributed by atoms with Crippen molar-refractivity contribution in [3.05, 3.63) is 24.3 Å². The maximum atomic E-state index is 12.6. The molecule has 2 N–H and O–H groups in total. The van der Waals surface area contributed by atoms with Crippen molar-refractivity contribution in [2.45, 2.75) is 26.3 Å². The molecule has 0 aromatic heterocycles. The number of nitrogens with zero attached hydrogens (tertiary/aromatic N) is 1. The summed E-state index contributed by atoms with van der Waals surface area (Å²) in [6.45, 7) is 6.97. The normalized spacial score (nSPS) is 25.1. The summed E-state index contributed by atoms with van der Waals surface area (Å²) in [5.41, 5.74) is 2.11. The van der Waals surface area contributed by atoms with Crippen molar-refractivity contribution >= 4 is 17.3 Å². The molecule has 2 atom stereocenters. The van der Waals surface area contributed by atoms with E-state index in [4.69, 9.17) is 0 Å². The van der Waals surface area contributed by atoms with Gasteiger partial charge in [0.2, 0.25) is 5.91 Å². The molecule has 3 rings (SSSR count). The van der Waals surface area contributed by atoms with Crippen molar-refractivity contribution in [2.75, 3.05) is 30.3 Å². The smallest absolute Gasteiger partial charge is 0.246 e. The van der Waals surface area contributed by atoms with Gasteiger partial charge in [0.05, 0.1) is 11.4 Å². The first-order valence-electron chi connectivity index (χ1n) is 7.53. The highest BCUT2D eigenvalue weighted by atomic mass is 16.2. The zero-order valence-electron chi connectivity index (χ0n) is 12.2. The lowest BCUT2D eigenvalue weighted by Crippen LogP contribution is -2.47. The van der Waals surface area contributed by atoms with Crippen molar-refractivity contribution in [3.63, 3.8) is 0 Å². The van der Waals surface area contributed by atoms with Gasteiger partial charge in [0.1, 0.15) is 6.04 Å². The molecule has 20 heavy (non-hydrogen) atoms. The van der Waals surface area contributed by atoms with Crippen LogP contribution in [0.2, 0.25) is 0 Å². The van der Waals surface area contributed by atoms with Gasteiger partial charge in [0.25, 0.3) is 0 Å². The molecular formula is C16H23N3O. The van der Waals surface area contributed by atoms with Gasteiger partial charge in [-0.15, -0.1) is 0 Å². The summed E-state index contributed by atoms with van der Waals surface area (Å²) in [5.74, 6) is 1.55. The number of hydrogen-bond donors (Lipinski definition) is 2. The first kappa shape index (κ1) is 13.3. The second kappa shape index (κ2) is 5.35. The molecule has 1 amide bonds. The number of carbonyl (C=O) groups excluding carboxylic acids is 1. The Morgan fingerprint density at radius 1 is 1.30 bits per heavy atom. The van der Waals surface area contributed by atoms with Crippen LogP contribution in [0.1, 0.15) is 20.3 Å². The maximum Gasteiger partial charge on any atom is 0.246 e. The zero-order chi connectivity index (χ0) is 14.1. The van der Waals surface area contributed by atoms with Crippen LogP contribution in [-0.2, 0) is 4.79 Å². The van der Waals surface area contributed by atoms with Crippen molar-refractivity contribution in [1.82, 2.24) is 4.90 Å². The largest absolute Gasteiger partial charge is 0.381 e. The number of anilines is 2. The second-order valence-electron chi connectivity index (χ2n) is 6.20. The van der Waals surface area contributed by atoms with Gasteiger partial charge in [-0.2, -0.15) is 0 Å². The Labute approximate surface area is 120 Å². The lowest BCUT2D eigenvalue weighted by atomic mass is 9.95. The summed E-state index contributed by atoms with van der Waals surface area (Å²) >= 11 is 0. The molecule has 1 fully saturated rings. The molecule has 108 valence electrons. The quantitative estimate of drug-likeness (QED) is 0.869. The Morgan fingerprint density at radius 2 is 2.05 bits per heavy atom. The van der Waals surface area contributed by atoms with E-state index in [9.17, 15) is 4.79 Å². The molecule has 0 radical (unpaired) electrons. The van der Waals surface area contributed by atoms with Gasteiger partial charge in [-0.1, -0.05) is 26.0 Å². The first-order chi connectivity index (χ1) is 9.65. The van der Waals surface area contributed by atoms with Gasteiger partial charge in [-0.25, -0.2) is 0 Å². The summed E-state index contributed by atoms with van der Waals surface area (Å²) in [7, 11) is 0. The number of benzene rings is 1. The van der Waals surface area contributed by atoms with E-state index in [1.807, 2.05) is 29.2 Å². The molecule has 1 saturated heterocycles. The van der Waals surface area contributed by atoms with Crippen LogP contribution in [0.15, 0.2) is 24.3 Å². The second-order valence-corrected chi connectivity index (χ2v) is 6.20. The highest BCUT2D eigenvalue weighted by Crippen LogP contribution is 2.28. The fourth-order valence-corrected chi connectivity index (χ4v) is 3.11. The number of hydrogen-bond acceptors (Lipinski definition) is 3. The predicted molar refractivity (Wildman–Crippen MR) is 81.9 cm³/mol. The number of amides is 1. The van der Waals surface area contributed by atoms with E-state index in [-0.39, 0.29) is 11.9 Å². The maximum absolute atomic E-state index is 12.6. The van der Waals surface area contributed by atoms with Crippen molar-refractivity contribution in [2.24, 2.45) is 11.8 Å². The zero-order valence-corrected chi connectivity index (χ0v) is 12.2. The lowest BCUT2D eigenvalue weighted by Gasteiger charge is -2.30. The molecular weight excluding hydrogens is 250 g/mol. The van der Waals surface area contributed by atoms with Crippen molar-refractivity contribution in [3.8, 4) is 0 Å². The fraction of sp³-hybridized carbons (Fsp3) is 0.562. The van der Waals surface area contributed by atoms with Gasteiger partial charge in [0, 0.05) is 19.6 Å². The highest BCUT2D eigenvalue weighted by Gasteiger charge is 2.33. The topological polar surface area (TPSA) is 44.4 Å². The molecule has 2 aliphatic rings. The lowest BCUT2D eigenvalue weighted by molar-refractivity contribution is -0.130. The Balaban J connectivity index is 1.65. The minimum Gasteiger partial charge on any atom is -0.381 e. The van der Waals surface area contributed by atoms with Crippen LogP contribution in [0.3, 0.4) is 0 Å². The number of likely N-dealkylation sites (tertiary alicyclic amines) is 1. The van der Waals surface area contributed by atoms with Crippen LogP contribution in [0.5, 0.6) is 0 Å². The third kappa shape index (κ3) is 2.47. The number of fused-ring (bicyclic) bond motifs is 1. The SMILES string of the molecule is CC(C)C1CCN(C(=O)C2CNc3ccccc3N2)C1. The summed E-state index contributed by atoms with van der Waals surface area (Å²) in [6, 6.07) is 7.90. The third-order valence-electron chi connectivity index (χ3n) is 4.53. The van der Waals surface area contributed by atoms with E-state index in [1.54, 1.807) is 0 Å². The molecule has 4 nitrogen and oxygen atoms in total. The average molecular weight is 273 g/mol. The molecule has 0 spiro atoms. The highest BCUT2D eigenvalue weighted by molar-refractivity contribution is 5.88. The fourth-order valence-electron chi connectivity index (χ4n) is 3.11. The van der Waals surface area contributed by atoms with E-state index in [0.29, 0.717) is 18.4 Å². The van der Waals surface area contributed by atoms with Crippen LogP contribution in [0.25, 0.3) is 0 Å². The summed E-state index contributed by atoms with van der Waals surface area (Å²) in [4.78, 5) is 14.6. The Hall–Kier alpha value is -1.71. The van der Waals surface area contributed by atoms with Crippen LogP contribution in [-0.4, -0.2) is 36.5 Å². The van der Waals surface area contributed by atoms with E-state index in [1.165, 1.54) is 0 Å². The van der Waals surface area contributed by atoms with E-state index >= 15 is 0 Å².